The zero-order chi connectivity index (χ0) is 17.4. The predicted octanol–water partition coefficient (Wildman–Crippen LogP) is 6.81. The molecule has 0 spiro atoms. The molecule has 0 radical (unpaired) electrons. The molecule has 0 saturated heterocycles. The summed E-state index contributed by atoms with van der Waals surface area (Å²) in [5.74, 6) is 1.32. The Morgan fingerprint density at radius 1 is 0.920 bits per heavy atom. The molecule has 2 unspecified atom stereocenters. The van der Waals surface area contributed by atoms with Crippen LogP contribution in [0.25, 0.3) is 21.7 Å². The lowest BCUT2D eigenvalue weighted by Crippen LogP contribution is -2.31. The molecular formula is C24H27N. The van der Waals surface area contributed by atoms with Crippen LogP contribution in [0.1, 0.15) is 69.9 Å². The highest BCUT2D eigenvalue weighted by Gasteiger charge is 2.52. The van der Waals surface area contributed by atoms with Gasteiger partial charge in [0.05, 0.1) is 5.52 Å². The first-order valence-electron chi connectivity index (χ1n) is 9.70. The fraction of sp³-hybridized carbons (Fsp3) is 0.458. The maximum absolute atomic E-state index is 4.70. The molecule has 5 rings (SSSR count). The van der Waals surface area contributed by atoms with Crippen LogP contribution in [0.15, 0.2) is 42.6 Å². The molecule has 1 heterocycles. The average Bonchev–Trinajstić information content (AvgIpc) is 2.74. The number of aromatic nitrogens is 1. The van der Waals surface area contributed by atoms with E-state index in [1.165, 1.54) is 35.4 Å². The van der Waals surface area contributed by atoms with Crippen LogP contribution in [-0.4, -0.2) is 4.98 Å². The molecule has 3 aromatic rings. The highest BCUT2D eigenvalue weighted by molar-refractivity contribution is 6.06. The van der Waals surface area contributed by atoms with Crippen LogP contribution >= 0.6 is 0 Å². The van der Waals surface area contributed by atoms with Gasteiger partial charge in [0, 0.05) is 17.0 Å². The Balaban J connectivity index is 1.84. The first kappa shape index (κ1) is 15.4. The maximum atomic E-state index is 4.70. The van der Waals surface area contributed by atoms with Crippen molar-refractivity contribution < 1.29 is 0 Å². The van der Waals surface area contributed by atoms with E-state index in [2.05, 4.69) is 58.0 Å². The second-order valence-corrected chi connectivity index (χ2v) is 9.46. The normalized spacial score (nSPS) is 30.4. The van der Waals surface area contributed by atoms with Crippen molar-refractivity contribution in [2.24, 2.45) is 10.8 Å². The summed E-state index contributed by atoms with van der Waals surface area (Å²) >= 11 is 0. The van der Waals surface area contributed by atoms with Crippen LogP contribution in [0.2, 0.25) is 0 Å². The second-order valence-electron chi connectivity index (χ2n) is 9.46. The minimum atomic E-state index is 0.418. The lowest BCUT2D eigenvalue weighted by atomic mass is 9.64. The quantitative estimate of drug-likeness (QED) is 0.413. The van der Waals surface area contributed by atoms with Crippen molar-refractivity contribution in [2.45, 2.75) is 58.8 Å². The number of hydrogen-bond donors (Lipinski definition) is 0. The van der Waals surface area contributed by atoms with Crippen LogP contribution in [-0.2, 0) is 0 Å². The first-order valence-corrected chi connectivity index (χ1v) is 9.70. The molecular weight excluding hydrogens is 302 g/mol. The van der Waals surface area contributed by atoms with E-state index in [0.29, 0.717) is 22.7 Å². The monoisotopic (exact) mass is 329 g/mol. The molecule has 0 N–H and O–H groups in total. The van der Waals surface area contributed by atoms with Crippen LogP contribution in [0.3, 0.4) is 0 Å². The van der Waals surface area contributed by atoms with Gasteiger partial charge in [-0.15, -0.1) is 0 Å². The fourth-order valence-electron chi connectivity index (χ4n) is 5.98. The third kappa shape index (κ3) is 1.99. The van der Waals surface area contributed by atoms with Gasteiger partial charge in [0.1, 0.15) is 0 Å². The molecule has 25 heavy (non-hydrogen) atoms. The Kier molecular flexibility index (Phi) is 2.98. The van der Waals surface area contributed by atoms with Gasteiger partial charge >= 0.3 is 0 Å². The van der Waals surface area contributed by atoms with Gasteiger partial charge in [-0.05, 0) is 64.5 Å². The van der Waals surface area contributed by atoms with Gasteiger partial charge in [0.2, 0.25) is 0 Å². The molecule has 2 aliphatic carbocycles. The SMILES string of the molecule is CC1CC2(C)C[C@@H](CC2(C)C)c2c1ccc1c2ccc2cccnc21. The van der Waals surface area contributed by atoms with E-state index < -0.39 is 0 Å². The van der Waals surface area contributed by atoms with Crippen molar-refractivity contribution in [1.29, 1.82) is 0 Å². The fourth-order valence-corrected chi connectivity index (χ4v) is 5.98. The molecule has 0 amide bonds. The summed E-state index contributed by atoms with van der Waals surface area (Å²) in [6.07, 6.45) is 5.87. The van der Waals surface area contributed by atoms with Crippen LogP contribution in [0.4, 0.5) is 0 Å². The summed E-state index contributed by atoms with van der Waals surface area (Å²) in [7, 11) is 0. The lowest BCUT2D eigenvalue weighted by Gasteiger charge is -2.40. The van der Waals surface area contributed by atoms with Gasteiger partial charge in [-0.2, -0.15) is 0 Å². The van der Waals surface area contributed by atoms with Crippen LogP contribution in [0.5, 0.6) is 0 Å². The van der Waals surface area contributed by atoms with E-state index in [-0.39, 0.29) is 0 Å². The topological polar surface area (TPSA) is 12.9 Å². The summed E-state index contributed by atoms with van der Waals surface area (Å²) in [5.41, 5.74) is 5.23. The highest BCUT2D eigenvalue weighted by atomic mass is 14.6. The van der Waals surface area contributed by atoms with Gasteiger partial charge in [0.15, 0.2) is 0 Å². The number of benzene rings is 2. The Bertz CT molecular complexity index is 1000. The Morgan fingerprint density at radius 2 is 1.72 bits per heavy atom. The molecule has 128 valence electrons. The third-order valence-corrected chi connectivity index (χ3v) is 7.63. The Labute approximate surface area is 150 Å². The molecule has 2 bridgehead atoms. The van der Waals surface area contributed by atoms with E-state index in [1.807, 2.05) is 12.3 Å². The molecule has 2 aliphatic rings. The van der Waals surface area contributed by atoms with Gasteiger partial charge in [-0.3, -0.25) is 4.98 Å². The number of nitrogens with zero attached hydrogens (tertiary/aromatic N) is 1. The van der Waals surface area contributed by atoms with Crippen molar-refractivity contribution >= 4 is 21.7 Å². The number of rotatable bonds is 0. The second kappa shape index (κ2) is 4.84. The van der Waals surface area contributed by atoms with E-state index in [4.69, 9.17) is 4.98 Å². The summed E-state index contributed by atoms with van der Waals surface area (Å²) in [4.78, 5) is 4.70. The van der Waals surface area contributed by atoms with Gasteiger partial charge in [-0.25, -0.2) is 0 Å². The average molecular weight is 329 g/mol. The molecule has 1 saturated carbocycles. The van der Waals surface area contributed by atoms with Crippen molar-refractivity contribution in [3.63, 3.8) is 0 Å². The minimum Gasteiger partial charge on any atom is -0.256 e. The van der Waals surface area contributed by atoms with Crippen molar-refractivity contribution in [1.82, 2.24) is 4.98 Å². The third-order valence-electron chi connectivity index (χ3n) is 7.63. The van der Waals surface area contributed by atoms with Crippen molar-refractivity contribution in [3.8, 4) is 0 Å². The smallest absolute Gasteiger partial charge is 0.0780 e. The number of pyridine rings is 1. The van der Waals surface area contributed by atoms with E-state index in [1.54, 1.807) is 11.1 Å². The molecule has 0 aliphatic heterocycles. The Morgan fingerprint density at radius 3 is 2.56 bits per heavy atom. The highest BCUT2D eigenvalue weighted by Crippen LogP contribution is 2.64. The number of hydrogen-bond acceptors (Lipinski definition) is 1. The predicted molar refractivity (Wildman–Crippen MR) is 106 cm³/mol. The molecule has 1 aromatic heterocycles. The summed E-state index contributed by atoms with van der Waals surface area (Å²) < 4.78 is 0. The van der Waals surface area contributed by atoms with E-state index in [9.17, 15) is 0 Å². The zero-order valence-corrected chi connectivity index (χ0v) is 15.8. The minimum absolute atomic E-state index is 0.418. The van der Waals surface area contributed by atoms with E-state index in [0.717, 1.165) is 5.52 Å². The van der Waals surface area contributed by atoms with E-state index >= 15 is 0 Å². The van der Waals surface area contributed by atoms with Crippen molar-refractivity contribution in [3.05, 3.63) is 53.7 Å². The van der Waals surface area contributed by atoms with Crippen molar-refractivity contribution in [2.75, 3.05) is 0 Å². The van der Waals surface area contributed by atoms with Gasteiger partial charge < -0.3 is 0 Å². The largest absolute Gasteiger partial charge is 0.256 e. The lowest BCUT2D eigenvalue weighted by molar-refractivity contribution is 0.111. The van der Waals surface area contributed by atoms with Gasteiger partial charge in [0.25, 0.3) is 0 Å². The maximum Gasteiger partial charge on any atom is 0.0780 e. The number of fused-ring (bicyclic) bond motifs is 8. The first-order chi connectivity index (χ1) is 11.9. The summed E-state index contributed by atoms with van der Waals surface area (Å²) in [5, 5.41) is 4.02. The standard InChI is InChI=1S/C24H27N/c1-15-12-24(4)14-17(13-23(24,2)3)21-18(15)9-10-20-19(21)8-7-16-6-5-11-25-22(16)20/h5-11,15,17H,12-14H2,1-4H3/t15?,17-,24?/m1/s1. The summed E-state index contributed by atoms with van der Waals surface area (Å²) in [6, 6.07) is 13.6. The molecule has 1 nitrogen and oxygen atoms in total. The molecule has 2 aromatic carbocycles. The molecule has 1 heteroatoms. The molecule has 3 atom stereocenters. The van der Waals surface area contributed by atoms with Crippen LogP contribution in [0, 0.1) is 10.8 Å². The Hall–Kier alpha value is -1.89. The van der Waals surface area contributed by atoms with Gasteiger partial charge in [-0.1, -0.05) is 58.0 Å². The molecule has 1 fully saturated rings. The van der Waals surface area contributed by atoms with Crippen LogP contribution < -0.4 is 0 Å². The zero-order valence-electron chi connectivity index (χ0n) is 15.8. The summed E-state index contributed by atoms with van der Waals surface area (Å²) in [6.45, 7) is 9.96.